The summed E-state index contributed by atoms with van der Waals surface area (Å²) < 4.78 is 0. The number of rotatable bonds is 0. The van der Waals surface area contributed by atoms with Crippen LogP contribution in [0.4, 0.5) is 4.70 Å². The first-order valence-electron chi connectivity index (χ1n) is 0. The molecule has 3 radical (unpaired) electrons. The van der Waals surface area contributed by atoms with E-state index >= 15 is 0 Å². The second-order valence-corrected chi connectivity index (χ2v) is 0. The number of halogens is 1. The van der Waals surface area contributed by atoms with Crippen LogP contribution in [-0.4, -0.2) is 0 Å². The Hall–Kier alpha value is 2.36. The van der Waals surface area contributed by atoms with Crippen LogP contribution >= 0.6 is 0 Å². The molecule has 0 saturated carbocycles. The van der Waals surface area contributed by atoms with E-state index < -0.39 is 0 Å². The van der Waals surface area contributed by atoms with Gasteiger partial charge >= 0.3 is 76.3 Å². The summed E-state index contributed by atoms with van der Waals surface area (Å²) in [6.45, 7) is 0. The van der Waals surface area contributed by atoms with E-state index in [0.717, 1.165) is 0 Å². The standard InChI is InChI=1S/2Dy.F.3O/q2*+3;;3*-2. The minimum absolute atomic E-state index is 0. The first-order chi connectivity index (χ1) is 0. The van der Waals surface area contributed by atoms with Crippen molar-refractivity contribution < 1.29 is 97.5 Å². The van der Waals surface area contributed by atoms with Crippen LogP contribution in [0, 0.1) is 76.3 Å². The molecule has 6 heavy (non-hydrogen) atoms. The third-order valence-electron chi connectivity index (χ3n) is 0. The minimum atomic E-state index is 0. The maximum absolute atomic E-state index is 0. The van der Waals surface area contributed by atoms with Gasteiger partial charge in [-0.2, -0.15) is 0 Å². The van der Waals surface area contributed by atoms with E-state index in [2.05, 4.69) is 0 Å². The molecule has 0 bridgehead atoms. The summed E-state index contributed by atoms with van der Waals surface area (Å²) in [6, 6.07) is 0. The molecule has 0 aromatic carbocycles. The predicted octanol–water partition coefficient (Wildman–Crippen LogP) is 0.0638. The Morgan fingerprint density at radius 1 is 0.500 bits per heavy atom. The van der Waals surface area contributed by atoms with Gasteiger partial charge in [-0.25, -0.2) is 0 Å². The summed E-state index contributed by atoms with van der Waals surface area (Å²) >= 11 is 0. The van der Waals surface area contributed by atoms with Gasteiger partial charge in [-0.05, 0) is 0 Å². The molecule has 0 fully saturated rings. The van der Waals surface area contributed by atoms with Gasteiger partial charge in [0.25, 0.3) is 0 Å². The Morgan fingerprint density at radius 2 is 0.500 bits per heavy atom. The molecule has 0 spiro atoms. The van der Waals surface area contributed by atoms with Crippen LogP contribution in [0.25, 0.3) is 0 Å². The molecule has 0 atom stereocenters. The maximum Gasteiger partial charge on any atom is 3.00 e. The Kier molecular flexibility index (Phi) is 727. The molecule has 3 nitrogen and oxygen atoms in total. The van der Waals surface area contributed by atoms with E-state index in [1.54, 1.807) is 0 Å². The fraction of sp³-hybridized carbons (Fsp3) is 0. The van der Waals surface area contributed by atoms with Crippen molar-refractivity contribution in [2.24, 2.45) is 0 Å². The Morgan fingerprint density at radius 3 is 0.500 bits per heavy atom. The fourth-order valence-electron chi connectivity index (χ4n) is 0. The van der Waals surface area contributed by atoms with Crippen molar-refractivity contribution in [2.45, 2.75) is 0 Å². The van der Waals surface area contributed by atoms with Gasteiger partial charge < -0.3 is 16.4 Å². The van der Waals surface area contributed by atoms with Crippen LogP contribution in [0.2, 0.25) is 0 Å². The van der Waals surface area contributed by atoms with Gasteiger partial charge in [0.1, 0.15) is 0 Å². The number of hydrogen-bond acceptors (Lipinski definition) is 0. The average molecular weight is 392 g/mol. The van der Waals surface area contributed by atoms with E-state index in [1.165, 1.54) is 0 Å². The second kappa shape index (κ2) is 53.5. The zero-order valence-corrected chi connectivity index (χ0v) is 6.29. The van der Waals surface area contributed by atoms with Crippen LogP contribution in [-0.2, 0) is 16.4 Å². The quantitative estimate of drug-likeness (QED) is 0.559. The van der Waals surface area contributed by atoms with Gasteiger partial charge in [-0.15, -0.1) is 0 Å². The predicted molar refractivity (Wildman–Crippen MR) is 3.17 cm³/mol. The van der Waals surface area contributed by atoms with Crippen LogP contribution < -0.4 is 0 Å². The molecular weight excluding hydrogens is 392 g/mol. The molecule has 0 saturated heterocycles. The normalized spacial score (nSPS) is 0. The molecule has 0 heterocycles. The van der Waals surface area contributed by atoms with Crippen molar-refractivity contribution in [3.8, 4) is 0 Å². The van der Waals surface area contributed by atoms with Crippen LogP contribution in [0.5, 0.6) is 0 Å². The summed E-state index contributed by atoms with van der Waals surface area (Å²) in [5.74, 6) is 0. The molecule has 0 amide bonds. The SMILES string of the molecule is [Dy+3].[Dy+3].[F].[O-2].[O-2].[O-2]. The van der Waals surface area contributed by atoms with E-state index in [9.17, 15) is 0 Å². The van der Waals surface area contributed by atoms with Crippen molar-refractivity contribution in [2.75, 3.05) is 0 Å². The van der Waals surface area contributed by atoms with Crippen molar-refractivity contribution in [1.29, 1.82) is 0 Å². The minimum Gasteiger partial charge on any atom is -2.00 e. The summed E-state index contributed by atoms with van der Waals surface area (Å²) in [4.78, 5) is 0. The molecular formula is Dy2FO3. The zero-order chi connectivity index (χ0) is 0. The topological polar surface area (TPSA) is 85.5 Å². The molecule has 0 aromatic heterocycles. The van der Waals surface area contributed by atoms with Crippen molar-refractivity contribution in [3.63, 3.8) is 0 Å². The van der Waals surface area contributed by atoms with Crippen LogP contribution in [0.1, 0.15) is 0 Å². The molecule has 6 heteroatoms. The van der Waals surface area contributed by atoms with Crippen molar-refractivity contribution in [3.05, 3.63) is 0 Å². The largest absolute Gasteiger partial charge is 3.00 e. The second-order valence-electron chi connectivity index (χ2n) is 0. The first-order valence-corrected chi connectivity index (χ1v) is 0. The van der Waals surface area contributed by atoms with Gasteiger partial charge in [0.2, 0.25) is 0 Å². The third-order valence-corrected chi connectivity index (χ3v) is 0. The monoisotopic (exact) mass is 395 g/mol. The number of hydrogen-bond donors (Lipinski definition) is 0. The fourth-order valence-corrected chi connectivity index (χ4v) is 0. The van der Waals surface area contributed by atoms with E-state index in [4.69, 9.17) is 0 Å². The van der Waals surface area contributed by atoms with E-state index in [1.807, 2.05) is 0 Å². The van der Waals surface area contributed by atoms with Gasteiger partial charge in [-0.1, -0.05) is 0 Å². The molecule has 45 valence electrons. The summed E-state index contributed by atoms with van der Waals surface area (Å²) in [5.41, 5.74) is 0. The Labute approximate surface area is 95.6 Å². The van der Waals surface area contributed by atoms with Gasteiger partial charge in [0, 0.05) is 4.70 Å². The molecule has 0 rings (SSSR count). The molecule has 0 N–H and O–H groups in total. The first kappa shape index (κ1) is 81.5. The smallest absolute Gasteiger partial charge is 2.00 e. The molecule has 0 unspecified atom stereocenters. The van der Waals surface area contributed by atoms with Crippen molar-refractivity contribution >= 4 is 0 Å². The molecule has 0 aliphatic rings. The van der Waals surface area contributed by atoms with Crippen LogP contribution in [0.15, 0.2) is 0 Å². The summed E-state index contributed by atoms with van der Waals surface area (Å²) in [7, 11) is 0. The van der Waals surface area contributed by atoms with Gasteiger partial charge in [-0.3, -0.25) is 0 Å². The van der Waals surface area contributed by atoms with Crippen molar-refractivity contribution in [1.82, 2.24) is 0 Å². The van der Waals surface area contributed by atoms with Gasteiger partial charge in [0.15, 0.2) is 0 Å². The molecule has 0 aliphatic carbocycles. The van der Waals surface area contributed by atoms with E-state index in [0.29, 0.717) is 0 Å². The maximum atomic E-state index is 0. The average Bonchev–Trinajstić information content (AvgIpc) is 0. The Balaban J connectivity index is 0. The summed E-state index contributed by atoms with van der Waals surface area (Å²) in [6.07, 6.45) is 0. The third kappa shape index (κ3) is 32.9. The Bertz CT molecular complexity index is 8.75. The van der Waals surface area contributed by atoms with Gasteiger partial charge in [0.05, 0.1) is 0 Å². The van der Waals surface area contributed by atoms with E-state index in [-0.39, 0.29) is 97.5 Å². The zero-order valence-electron chi connectivity index (χ0n) is 2.24. The molecule has 0 aromatic rings. The summed E-state index contributed by atoms with van der Waals surface area (Å²) in [5, 5.41) is 0. The molecule has 0 aliphatic heterocycles. The van der Waals surface area contributed by atoms with Crippen LogP contribution in [0.3, 0.4) is 0 Å².